The van der Waals surface area contributed by atoms with Gasteiger partial charge < -0.3 is 0 Å². The minimum atomic E-state index is -5.57. The first-order valence-corrected chi connectivity index (χ1v) is 6.71. The highest BCUT2D eigenvalue weighted by molar-refractivity contribution is 9.09. The zero-order chi connectivity index (χ0) is 14.8. The van der Waals surface area contributed by atoms with Crippen LogP contribution >= 0.6 is 15.9 Å². The molecule has 0 aliphatic heterocycles. The minimum absolute atomic E-state index is 0.0885. The number of hydrogen-bond donors (Lipinski definition) is 0. The summed E-state index contributed by atoms with van der Waals surface area (Å²) in [5, 5.41) is 0. The van der Waals surface area contributed by atoms with Gasteiger partial charge in [0.2, 0.25) is 0 Å². The van der Waals surface area contributed by atoms with E-state index in [-0.39, 0.29) is 11.5 Å². The highest BCUT2D eigenvalue weighted by Crippen LogP contribution is 2.48. The Balaban J connectivity index is 2.99. The maximum atomic E-state index is 13.2. The van der Waals surface area contributed by atoms with Crippen LogP contribution in [0.5, 0.6) is 0 Å². The van der Waals surface area contributed by atoms with Gasteiger partial charge in [0, 0.05) is 0 Å². The van der Waals surface area contributed by atoms with Gasteiger partial charge in [-0.15, -0.1) is 0 Å². The molecule has 0 fully saturated rings. The molecule has 0 saturated carbocycles. The summed E-state index contributed by atoms with van der Waals surface area (Å²) >= 11 is 2.45. The lowest BCUT2D eigenvalue weighted by Gasteiger charge is -2.25. The summed E-state index contributed by atoms with van der Waals surface area (Å²) in [6, 6.07) is 5.79. The van der Waals surface area contributed by atoms with E-state index in [0.717, 1.165) is 12.0 Å². The van der Waals surface area contributed by atoms with Crippen LogP contribution in [0.25, 0.3) is 0 Å². The third kappa shape index (κ3) is 3.46. The molecule has 0 bridgehead atoms. The molecule has 0 aromatic heterocycles. The monoisotopic (exact) mass is 344 g/mol. The summed E-state index contributed by atoms with van der Waals surface area (Å²) in [6.07, 6.45) is -4.70. The second-order valence-corrected chi connectivity index (χ2v) is 5.37. The molecule has 0 aliphatic rings. The van der Waals surface area contributed by atoms with Crippen LogP contribution in [-0.4, -0.2) is 12.1 Å². The summed E-state index contributed by atoms with van der Waals surface area (Å²) < 4.78 is 63.1. The average Bonchev–Trinajstić information content (AvgIpc) is 2.35. The van der Waals surface area contributed by atoms with Crippen LogP contribution in [0.15, 0.2) is 24.3 Å². The SMILES string of the molecule is CCC(C)c1ccc(C(Br)C(F)(F)C(F)(F)F)cc1. The van der Waals surface area contributed by atoms with Gasteiger partial charge >= 0.3 is 12.1 Å². The quantitative estimate of drug-likeness (QED) is 0.475. The van der Waals surface area contributed by atoms with Crippen molar-refractivity contribution in [2.75, 3.05) is 0 Å². The van der Waals surface area contributed by atoms with Crippen molar-refractivity contribution in [1.82, 2.24) is 0 Å². The Morgan fingerprint density at radius 3 is 1.79 bits per heavy atom. The Labute approximate surface area is 117 Å². The Morgan fingerprint density at radius 1 is 1.00 bits per heavy atom. The fraction of sp³-hybridized carbons (Fsp3) is 0.538. The largest absolute Gasteiger partial charge is 0.454 e. The van der Waals surface area contributed by atoms with Gasteiger partial charge in [-0.05, 0) is 23.5 Å². The molecule has 0 N–H and O–H groups in total. The Morgan fingerprint density at radius 2 is 1.42 bits per heavy atom. The lowest BCUT2D eigenvalue weighted by Crippen LogP contribution is -2.39. The van der Waals surface area contributed by atoms with Crippen molar-refractivity contribution < 1.29 is 22.0 Å². The fourth-order valence-electron chi connectivity index (χ4n) is 1.58. The van der Waals surface area contributed by atoms with E-state index in [0.29, 0.717) is 0 Å². The molecule has 0 spiro atoms. The summed E-state index contributed by atoms with van der Waals surface area (Å²) in [5.41, 5.74) is 0.829. The fourth-order valence-corrected chi connectivity index (χ4v) is 2.15. The molecule has 0 aliphatic carbocycles. The van der Waals surface area contributed by atoms with Gasteiger partial charge in [0.1, 0.15) is 4.83 Å². The molecule has 0 nitrogen and oxygen atoms in total. The first-order valence-electron chi connectivity index (χ1n) is 5.79. The second kappa shape index (κ2) is 5.77. The Hall–Kier alpha value is -0.650. The van der Waals surface area contributed by atoms with Crippen molar-refractivity contribution in [3.63, 3.8) is 0 Å². The van der Waals surface area contributed by atoms with E-state index in [1.807, 2.05) is 13.8 Å². The van der Waals surface area contributed by atoms with Crippen molar-refractivity contribution >= 4 is 15.9 Å². The molecule has 2 atom stereocenters. The molecule has 6 heteroatoms. The number of benzene rings is 1. The molecule has 0 radical (unpaired) electrons. The Kier molecular flexibility index (Phi) is 4.98. The second-order valence-electron chi connectivity index (χ2n) is 4.46. The molecule has 1 aromatic rings. The van der Waals surface area contributed by atoms with Crippen molar-refractivity contribution in [3.05, 3.63) is 35.4 Å². The maximum Gasteiger partial charge on any atom is 0.454 e. The third-order valence-corrected chi connectivity index (χ3v) is 4.21. The van der Waals surface area contributed by atoms with E-state index in [1.54, 1.807) is 12.1 Å². The predicted octanol–water partition coefficient (Wildman–Crippen LogP) is 5.83. The van der Waals surface area contributed by atoms with Gasteiger partial charge in [0.15, 0.2) is 0 Å². The van der Waals surface area contributed by atoms with Gasteiger partial charge in [0.05, 0.1) is 0 Å². The molecule has 0 saturated heterocycles. The molecule has 2 unspecified atom stereocenters. The van der Waals surface area contributed by atoms with E-state index in [2.05, 4.69) is 15.9 Å². The van der Waals surface area contributed by atoms with E-state index >= 15 is 0 Å². The Bertz CT molecular complexity index is 410. The molecule has 1 aromatic carbocycles. The minimum Gasteiger partial charge on any atom is -0.195 e. The zero-order valence-electron chi connectivity index (χ0n) is 10.4. The highest BCUT2D eigenvalue weighted by Gasteiger charge is 2.62. The molecule has 0 heterocycles. The first kappa shape index (κ1) is 16.4. The van der Waals surface area contributed by atoms with Crippen LogP contribution in [-0.2, 0) is 0 Å². The van der Waals surface area contributed by atoms with Crippen LogP contribution in [0.2, 0.25) is 0 Å². The van der Waals surface area contributed by atoms with E-state index < -0.39 is 16.9 Å². The van der Waals surface area contributed by atoms with Crippen LogP contribution in [0, 0.1) is 0 Å². The molecule has 19 heavy (non-hydrogen) atoms. The van der Waals surface area contributed by atoms with Gasteiger partial charge in [-0.3, -0.25) is 0 Å². The summed E-state index contributed by atoms with van der Waals surface area (Å²) in [7, 11) is 0. The first-order chi connectivity index (χ1) is 8.61. The maximum absolute atomic E-state index is 13.2. The average molecular weight is 345 g/mol. The number of hydrogen-bond acceptors (Lipinski definition) is 0. The topological polar surface area (TPSA) is 0 Å². The molecule has 0 amide bonds. The van der Waals surface area contributed by atoms with Crippen molar-refractivity contribution in [2.24, 2.45) is 0 Å². The highest BCUT2D eigenvalue weighted by atomic mass is 79.9. The van der Waals surface area contributed by atoms with Crippen LogP contribution in [0.3, 0.4) is 0 Å². The summed E-state index contributed by atoms with van der Waals surface area (Å²) in [6.45, 7) is 3.94. The van der Waals surface area contributed by atoms with E-state index in [9.17, 15) is 22.0 Å². The van der Waals surface area contributed by atoms with Gasteiger partial charge in [0.25, 0.3) is 0 Å². The van der Waals surface area contributed by atoms with E-state index in [4.69, 9.17) is 0 Å². The standard InChI is InChI=1S/C13H14BrF5/c1-3-8(2)9-4-6-10(7-5-9)11(14)12(15,16)13(17,18)19/h4-8,11H,3H2,1-2H3. The van der Waals surface area contributed by atoms with Gasteiger partial charge in [-0.25, -0.2) is 0 Å². The number of rotatable bonds is 4. The van der Waals surface area contributed by atoms with Crippen LogP contribution < -0.4 is 0 Å². The number of halogens is 6. The van der Waals surface area contributed by atoms with Crippen molar-refractivity contribution in [3.8, 4) is 0 Å². The predicted molar refractivity (Wildman–Crippen MR) is 67.8 cm³/mol. The molecule has 1 rings (SSSR count). The lowest BCUT2D eigenvalue weighted by molar-refractivity contribution is -0.281. The summed E-state index contributed by atoms with van der Waals surface area (Å²) in [4.78, 5) is -2.08. The molecular weight excluding hydrogens is 331 g/mol. The van der Waals surface area contributed by atoms with E-state index in [1.165, 1.54) is 12.1 Å². The van der Waals surface area contributed by atoms with Gasteiger partial charge in [-0.2, -0.15) is 22.0 Å². The van der Waals surface area contributed by atoms with Crippen LogP contribution in [0.4, 0.5) is 22.0 Å². The van der Waals surface area contributed by atoms with Crippen LogP contribution in [0.1, 0.15) is 42.1 Å². The van der Waals surface area contributed by atoms with Crippen molar-refractivity contribution in [1.29, 1.82) is 0 Å². The summed E-state index contributed by atoms with van der Waals surface area (Å²) in [5.74, 6) is -4.56. The normalized spacial score (nSPS) is 16.2. The zero-order valence-corrected chi connectivity index (χ0v) is 12.0. The smallest absolute Gasteiger partial charge is 0.195 e. The third-order valence-electron chi connectivity index (χ3n) is 3.11. The molecular formula is C13H14BrF5. The lowest BCUT2D eigenvalue weighted by atomic mass is 9.96. The van der Waals surface area contributed by atoms with Crippen molar-refractivity contribution in [2.45, 2.75) is 43.1 Å². The molecule has 108 valence electrons. The van der Waals surface area contributed by atoms with Gasteiger partial charge in [-0.1, -0.05) is 54.0 Å². The number of alkyl halides is 6.